The van der Waals surface area contributed by atoms with Crippen molar-refractivity contribution >= 4 is 0 Å². The van der Waals surface area contributed by atoms with Gasteiger partial charge in [-0.15, -0.1) is 0 Å². The van der Waals surface area contributed by atoms with Crippen LogP contribution in [0.3, 0.4) is 0 Å². The largest absolute Gasteiger partial charge is 0.244 e. The highest BCUT2D eigenvalue weighted by Crippen LogP contribution is 2.56. The molecule has 18 heavy (non-hydrogen) atoms. The maximum Gasteiger partial charge on any atom is 0.155 e. The third-order valence-corrected chi connectivity index (χ3v) is 4.88. The molecule has 0 N–H and O–H groups in total. The molecule has 0 radical (unpaired) electrons. The molecule has 0 heterocycles. The molecule has 0 nitrogen and oxygen atoms in total. The topological polar surface area (TPSA) is 0 Å². The molecule has 0 aromatic heterocycles. The van der Waals surface area contributed by atoms with Crippen molar-refractivity contribution in [3.8, 4) is 0 Å². The second-order valence-corrected chi connectivity index (χ2v) is 5.85. The first-order valence-electron chi connectivity index (χ1n) is 6.44. The minimum Gasteiger partial charge on any atom is -0.244 e. The van der Waals surface area contributed by atoms with Gasteiger partial charge in [0.25, 0.3) is 0 Å². The van der Waals surface area contributed by atoms with E-state index in [0.717, 1.165) is 11.1 Å². The molecule has 4 aliphatic rings. The number of hydrogen-bond donors (Lipinski definition) is 0. The maximum atomic E-state index is 14.3. The molecule has 0 amide bonds. The van der Waals surface area contributed by atoms with E-state index >= 15 is 0 Å². The SMILES string of the molecule is CC1=C[C@@H]2C(C)=CC1C1C(F)=C(C)C(F)C(F)C12. The van der Waals surface area contributed by atoms with Gasteiger partial charge >= 0.3 is 0 Å². The summed E-state index contributed by atoms with van der Waals surface area (Å²) in [6, 6.07) is 0. The fraction of sp³-hybridized carbons (Fsp3) is 0.600. The van der Waals surface area contributed by atoms with E-state index in [0.29, 0.717) is 0 Å². The van der Waals surface area contributed by atoms with Crippen molar-refractivity contribution in [1.29, 1.82) is 0 Å². The third-order valence-electron chi connectivity index (χ3n) is 4.88. The van der Waals surface area contributed by atoms with Crippen LogP contribution in [0.15, 0.2) is 34.7 Å². The maximum absolute atomic E-state index is 14.3. The molecule has 2 bridgehead atoms. The summed E-state index contributed by atoms with van der Waals surface area (Å²) in [6.07, 6.45) is 0.648. The van der Waals surface area contributed by atoms with Crippen LogP contribution in [0.2, 0.25) is 0 Å². The number of alkyl halides is 2. The summed E-state index contributed by atoms with van der Waals surface area (Å²) in [7, 11) is 0. The van der Waals surface area contributed by atoms with E-state index in [9.17, 15) is 13.2 Å². The Labute approximate surface area is 105 Å². The molecule has 5 unspecified atom stereocenters. The van der Waals surface area contributed by atoms with Gasteiger partial charge in [-0.25, -0.2) is 13.2 Å². The lowest BCUT2D eigenvalue weighted by molar-refractivity contribution is 0.0355. The highest BCUT2D eigenvalue weighted by Gasteiger charge is 2.54. The average molecular weight is 254 g/mol. The van der Waals surface area contributed by atoms with Crippen LogP contribution in [0.25, 0.3) is 0 Å². The Balaban J connectivity index is 2.15. The second kappa shape index (κ2) is 3.75. The van der Waals surface area contributed by atoms with Crippen LogP contribution in [-0.4, -0.2) is 12.3 Å². The van der Waals surface area contributed by atoms with Gasteiger partial charge in [0.15, 0.2) is 6.17 Å². The Morgan fingerprint density at radius 2 is 1.50 bits per heavy atom. The minimum atomic E-state index is -1.79. The predicted molar refractivity (Wildman–Crippen MR) is 65.1 cm³/mol. The quantitative estimate of drug-likeness (QED) is 0.565. The van der Waals surface area contributed by atoms with Crippen molar-refractivity contribution in [3.63, 3.8) is 0 Å². The van der Waals surface area contributed by atoms with Crippen LogP contribution in [0.5, 0.6) is 0 Å². The zero-order chi connectivity index (χ0) is 13.2. The standard InChI is InChI=1S/C15H17F3/c1-6-5-10-7(2)4-9(6)11-12(10)15(18)14(17)8(3)13(11)16/h4-5,9-12,14-15H,1-3H3/t9?,10-,11?,12?,14?,15?/m1/s1. The Hall–Kier alpha value is -0.990. The molecule has 0 fully saturated rings. The Kier molecular flexibility index (Phi) is 2.51. The van der Waals surface area contributed by atoms with E-state index in [-0.39, 0.29) is 17.4 Å². The molecule has 0 aromatic carbocycles. The Morgan fingerprint density at radius 1 is 0.944 bits per heavy atom. The molecular weight excluding hydrogens is 237 g/mol. The molecule has 0 aromatic rings. The first-order chi connectivity index (χ1) is 8.43. The monoisotopic (exact) mass is 254 g/mol. The smallest absolute Gasteiger partial charge is 0.155 e. The van der Waals surface area contributed by atoms with Crippen LogP contribution in [0, 0.1) is 23.7 Å². The lowest BCUT2D eigenvalue weighted by Gasteiger charge is -2.49. The lowest BCUT2D eigenvalue weighted by Crippen LogP contribution is -2.49. The molecule has 0 aliphatic heterocycles. The van der Waals surface area contributed by atoms with Gasteiger partial charge in [-0.2, -0.15) is 0 Å². The van der Waals surface area contributed by atoms with Gasteiger partial charge in [0.05, 0.1) is 0 Å². The Bertz CT molecular complexity index is 486. The van der Waals surface area contributed by atoms with Gasteiger partial charge in [-0.1, -0.05) is 23.3 Å². The summed E-state index contributed by atoms with van der Waals surface area (Å²) in [5.74, 6) is -1.73. The number of halogens is 3. The summed E-state index contributed by atoms with van der Waals surface area (Å²) >= 11 is 0. The minimum absolute atomic E-state index is 0.0462. The van der Waals surface area contributed by atoms with E-state index < -0.39 is 30.0 Å². The first-order valence-corrected chi connectivity index (χ1v) is 6.44. The predicted octanol–water partition coefficient (Wildman–Crippen LogP) is 4.30. The number of allylic oxidation sites excluding steroid dienone is 6. The van der Waals surface area contributed by atoms with Crippen molar-refractivity contribution in [3.05, 3.63) is 34.7 Å². The van der Waals surface area contributed by atoms with Gasteiger partial charge in [0.1, 0.15) is 12.0 Å². The summed E-state index contributed by atoms with van der Waals surface area (Å²) < 4.78 is 42.4. The third kappa shape index (κ3) is 1.33. The first kappa shape index (κ1) is 12.1. The van der Waals surface area contributed by atoms with Gasteiger partial charge in [-0.3, -0.25) is 0 Å². The molecular formula is C15H17F3. The fourth-order valence-corrected chi connectivity index (χ4v) is 3.87. The van der Waals surface area contributed by atoms with Crippen LogP contribution >= 0.6 is 0 Å². The van der Waals surface area contributed by atoms with Gasteiger partial charge in [-0.05, 0) is 26.3 Å². The van der Waals surface area contributed by atoms with Crippen molar-refractivity contribution in [1.82, 2.24) is 0 Å². The van der Waals surface area contributed by atoms with E-state index in [1.165, 1.54) is 6.92 Å². The second-order valence-electron chi connectivity index (χ2n) is 5.85. The van der Waals surface area contributed by atoms with Crippen molar-refractivity contribution in [2.75, 3.05) is 0 Å². The molecule has 0 saturated heterocycles. The summed E-state index contributed by atoms with van der Waals surface area (Å²) in [5.41, 5.74) is 2.09. The molecule has 0 saturated carbocycles. The zero-order valence-corrected chi connectivity index (χ0v) is 10.8. The molecule has 4 aliphatic carbocycles. The highest BCUT2D eigenvalue weighted by atomic mass is 19.2. The molecule has 0 spiro atoms. The number of hydrogen-bond acceptors (Lipinski definition) is 0. The van der Waals surface area contributed by atoms with Crippen molar-refractivity contribution < 1.29 is 13.2 Å². The summed E-state index contributed by atoms with van der Waals surface area (Å²) in [6.45, 7) is 5.26. The zero-order valence-electron chi connectivity index (χ0n) is 10.8. The molecule has 98 valence electrons. The van der Waals surface area contributed by atoms with Gasteiger partial charge in [0.2, 0.25) is 0 Å². The Morgan fingerprint density at radius 3 is 2.17 bits per heavy atom. The number of rotatable bonds is 0. The molecule has 3 heteroatoms. The van der Waals surface area contributed by atoms with Crippen molar-refractivity contribution in [2.45, 2.75) is 33.1 Å². The highest BCUT2D eigenvalue weighted by molar-refractivity contribution is 5.39. The lowest BCUT2D eigenvalue weighted by atomic mass is 9.56. The van der Waals surface area contributed by atoms with Crippen LogP contribution in [0.1, 0.15) is 20.8 Å². The van der Waals surface area contributed by atoms with Crippen molar-refractivity contribution in [2.24, 2.45) is 23.7 Å². The van der Waals surface area contributed by atoms with Crippen LogP contribution in [-0.2, 0) is 0 Å². The van der Waals surface area contributed by atoms with Crippen LogP contribution in [0.4, 0.5) is 13.2 Å². The summed E-state index contributed by atoms with van der Waals surface area (Å²) in [5, 5.41) is 0. The fourth-order valence-electron chi connectivity index (χ4n) is 3.87. The van der Waals surface area contributed by atoms with Gasteiger partial charge < -0.3 is 0 Å². The van der Waals surface area contributed by atoms with Gasteiger partial charge in [0, 0.05) is 23.7 Å². The summed E-state index contributed by atoms with van der Waals surface area (Å²) in [4.78, 5) is 0. The average Bonchev–Trinajstić information content (AvgIpc) is 2.34. The van der Waals surface area contributed by atoms with E-state index in [1.807, 2.05) is 26.0 Å². The molecule has 6 atom stereocenters. The van der Waals surface area contributed by atoms with E-state index in [1.54, 1.807) is 0 Å². The van der Waals surface area contributed by atoms with Crippen LogP contribution < -0.4 is 0 Å². The van der Waals surface area contributed by atoms with E-state index in [4.69, 9.17) is 0 Å². The molecule has 4 rings (SSSR count). The normalized spacial score (nSPS) is 46.8. The van der Waals surface area contributed by atoms with E-state index in [2.05, 4.69) is 0 Å².